The molecule has 0 saturated heterocycles. The number of ether oxygens (including phenoxy) is 3. The Morgan fingerprint density at radius 2 is 0.478 bits per heavy atom. The molecule has 0 aliphatic carbocycles. The maximum absolute atomic E-state index is 12.9. The van der Waals surface area contributed by atoms with Gasteiger partial charge in [-0.2, -0.15) is 0 Å². The van der Waals surface area contributed by atoms with Gasteiger partial charge in [0, 0.05) is 19.3 Å². The molecule has 0 fully saturated rings. The molecule has 0 aromatic rings. The maximum atomic E-state index is 12.9. The highest BCUT2D eigenvalue weighted by atomic mass is 16.6. The van der Waals surface area contributed by atoms with Gasteiger partial charge in [-0.1, -0.05) is 276 Å². The SMILES string of the molecule is CCCCCC/C=C\CCCCCCCCCC(=O)O[C@H](COC(=O)CCCCCCCCCCC/C=C\CCCCCCCC)COC(=O)CCCCCCCCCCCCCCCCCCC. The van der Waals surface area contributed by atoms with E-state index in [0.29, 0.717) is 19.3 Å². The van der Waals surface area contributed by atoms with Crippen LogP contribution in [0.1, 0.15) is 342 Å². The van der Waals surface area contributed by atoms with Crippen molar-refractivity contribution in [3.63, 3.8) is 0 Å². The van der Waals surface area contributed by atoms with Crippen molar-refractivity contribution < 1.29 is 28.6 Å². The van der Waals surface area contributed by atoms with E-state index < -0.39 is 6.10 Å². The molecule has 6 heteroatoms. The van der Waals surface area contributed by atoms with Gasteiger partial charge >= 0.3 is 17.9 Å². The van der Waals surface area contributed by atoms with Crippen LogP contribution in [0.5, 0.6) is 0 Å². The number of esters is 3. The third-order valence-corrected chi connectivity index (χ3v) is 13.9. The summed E-state index contributed by atoms with van der Waals surface area (Å²) in [6.45, 7) is 6.68. The molecule has 0 aliphatic heterocycles. The standard InChI is InChI=1S/C63H118O6/c1-4-7-10-13-16-19-22-25-28-30-31-33-36-38-41-44-47-50-53-56-62(65)68-59-60(69-63(66)57-54-51-48-45-42-39-34-27-24-21-18-15-12-9-6-3)58-67-61(64)55-52-49-46-43-40-37-35-32-29-26-23-20-17-14-11-8-5-2/h21,24-25,28,60H,4-20,22-23,26-27,29-59H2,1-3H3/b24-21-,28-25-/t60-/m0/s1. The van der Waals surface area contributed by atoms with Gasteiger partial charge in [-0.3, -0.25) is 14.4 Å². The summed E-state index contributed by atoms with van der Waals surface area (Å²) in [4.78, 5) is 38.2. The minimum atomic E-state index is -0.771. The first-order chi connectivity index (χ1) is 34.0. The average molecular weight is 972 g/mol. The summed E-state index contributed by atoms with van der Waals surface area (Å²) in [6.07, 6.45) is 68.8. The van der Waals surface area contributed by atoms with Gasteiger partial charge in [0.25, 0.3) is 0 Å². The van der Waals surface area contributed by atoms with Crippen LogP contribution in [0.2, 0.25) is 0 Å². The molecule has 0 rings (SSSR count). The molecule has 0 heterocycles. The monoisotopic (exact) mass is 971 g/mol. The molecule has 6 nitrogen and oxygen atoms in total. The fourth-order valence-corrected chi connectivity index (χ4v) is 9.26. The fourth-order valence-electron chi connectivity index (χ4n) is 9.26. The molecule has 0 aromatic carbocycles. The quantitative estimate of drug-likeness (QED) is 0.0261. The highest BCUT2D eigenvalue weighted by molar-refractivity contribution is 5.71. The Hall–Kier alpha value is -2.11. The molecule has 0 bridgehead atoms. The Balaban J connectivity index is 4.31. The zero-order valence-electron chi connectivity index (χ0n) is 46.6. The maximum Gasteiger partial charge on any atom is 0.306 e. The minimum absolute atomic E-state index is 0.0686. The first kappa shape index (κ1) is 66.9. The third-order valence-electron chi connectivity index (χ3n) is 13.9. The lowest BCUT2D eigenvalue weighted by molar-refractivity contribution is -0.167. The van der Waals surface area contributed by atoms with Crippen molar-refractivity contribution in [2.45, 2.75) is 348 Å². The van der Waals surface area contributed by atoms with Crippen LogP contribution in [-0.2, 0) is 28.6 Å². The number of unbranched alkanes of at least 4 members (excludes halogenated alkanes) is 42. The van der Waals surface area contributed by atoms with Gasteiger partial charge in [0.1, 0.15) is 13.2 Å². The predicted octanol–water partition coefficient (Wildman–Crippen LogP) is 20.7. The Kier molecular flexibility index (Phi) is 56.7. The van der Waals surface area contributed by atoms with Gasteiger partial charge in [-0.25, -0.2) is 0 Å². The van der Waals surface area contributed by atoms with E-state index in [4.69, 9.17) is 14.2 Å². The number of rotatable bonds is 57. The van der Waals surface area contributed by atoms with Crippen molar-refractivity contribution in [1.82, 2.24) is 0 Å². The van der Waals surface area contributed by atoms with E-state index in [9.17, 15) is 14.4 Å². The first-order valence-electron chi connectivity index (χ1n) is 30.8. The second-order valence-corrected chi connectivity index (χ2v) is 21.0. The molecular weight excluding hydrogens is 853 g/mol. The number of carbonyl (C=O) groups is 3. The molecule has 0 amide bonds. The summed E-state index contributed by atoms with van der Waals surface area (Å²) in [6, 6.07) is 0. The smallest absolute Gasteiger partial charge is 0.306 e. The molecule has 0 unspecified atom stereocenters. The first-order valence-corrected chi connectivity index (χ1v) is 30.8. The summed E-state index contributed by atoms with van der Waals surface area (Å²) >= 11 is 0. The highest BCUT2D eigenvalue weighted by Crippen LogP contribution is 2.17. The van der Waals surface area contributed by atoms with Crippen LogP contribution in [0.4, 0.5) is 0 Å². The van der Waals surface area contributed by atoms with Crippen molar-refractivity contribution in [3.8, 4) is 0 Å². The van der Waals surface area contributed by atoms with E-state index in [1.54, 1.807) is 0 Å². The summed E-state index contributed by atoms with van der Waals surface area (Å²) in [5.74, 6) is -0.851. The lowest BCUT2D eigenvalue weighted by Gasteiger charge is -2.18. The Morgan fingerprint density at radius 3 is 0.739 bits per heavy atom. The summed E-state index contributed by atoms with van der Waals surface area (Å²) in [7, 11) is 0. The van der Waals surface area contributed by atoms with Gasteiger partial charge in [0.2, 0.25) is 0 Å². The second kappa shape index (κ2) is 58.5. The van der Waals surface area contributed by atoms with E-state index in [1.165, 1.54) is 244 Å². The number of hydrogen-bond acceptors (Lipinski definition) is 6. The van der Waals surface area contributed by atoms with Crippen LogP contribution in [0.15, 0.2) is 24.3 Å². The van der Waals surface area contributed by atoms with Crippen LogP contribution in [0.25, 0.3) is 0 Å². The zero-order valence-corrected chi connectivity index (χ0v) is 46.6. The van der Waals surface area contributed by atoms with Crippen LogP contribution in [-0.4, -0.2) is 37.2 Å². The number of allylic oxidation sites excluding steroid dienone is 4. The van der Waals surface area contributed by atoms with Crippen LogP contribution in [0, 0.1) is 0 Å². The topological polar surface area (TPSA) is 78.9 Å². The number of carbonyl (C=O) groups excluding carboxylic acids is 3. The average Bonchev–Trinajstić information content (AvgIpc) is 3.35. The van der Waals surface area contributed by atoms with Gasteiger partial charge in [0.05, 0.1) is 0 Å². The fraction of sp³-hybridized carbons (Fsp3) is 0.889. The summed E-state index contributed by atoms with van der Waals surface area (Å²) < 4.78 is 16.9. The van der Waals surface area contributed by atoms with Crippen LogP contribution in [0.3, 0.4) is 0 Å². The lowest BCUT2D eigenvalue weighted by atomic mass is 10.0. The van der Waals surface area contributed by atoms with Gasteiger partial charge in [-0.15, -0.1) is 0 Å². The highest BCUT2D eigenvalue weighted by Gasteiger charge is 2.19. The van der Waals surface area contributed by atoms with Gasteiger partial charge in [-0.05, 0) is 70.6 Å². The van der Waals surface area contributed by atoms with E-state index in [-0.39, 0.29) is 31.1 Å². The van der Waals surface area contributed by atoms with Crippen LogP contribution >= 0.6 is 0 Å². The molecule has 0 N–H and O–H groups in total. The van der Waals surface area contributed by atoms with E-state index >= 15 is 0 Å². The van der Waals surface area contributed by atoms with Gasteiger partial charge in [0.15, 0.2) is 6.10 Å². The Labute approximate surface area is 430 Å². The number of hydrogen-bond donors (Lipinski definition) is 0. The molecule has 69 heavy (non-hydrogen) atoms. The van der Waals surface area contributed by atoms with E-state index in [1.807, 2.05) is 0 Å². The van der Waals surface area contributed by atoms with Crippen molar-refractivity contribution in [2.24, 2.45) is 0 Å². The Bertz CT molecular complexity index is 1110. The summed E-state index contributed by atoms with van der Waals surface area (Å²) in [5, 5.41) is 0. The molecule has 0 spiro atoms. The molecule has 0 aliphatic rings. The second-order valence-electron chi connectivity index (χ2n) is 21.0. The molecule has 0 radical (unpaired) electrons. The molecular formula is C63H118O6. The molecule has 1 atom stereocenters. The van der Waals surface area contributed by atoms with E-state index in [2.05, 4.69) is 45.1 Å². The Morgan fingerprint density at radius 1 is 0.275 bits per heavy atom. The van der Waals surface area contributed by atoms with Crippen molar-refractivity contribution in [1.29, 1.82) is 0 Å². The van der Waals surface area contributed by atoms with Gasteiger partial charge < -0.3 is 14.2 Å². The lowest BCUT2D eigenvalue weighted by Crippen LogP contribution is -2.30. The van der Waals surface area contributed by atoms with E-state index in [0.717, 1.165) is 57.8 Å². The third kappa shape index (κ3) is 56.7. The van der Waals surface area contributed by atoms with Crippen LogP contribution < -0.4 is 0 Å². The normalized spacial score (nSPS) is 12.1. The minimum Gasteiger partial charge on any atom is -0.462 e. The van der Waals surface area contributed by atoms with Crippen molar-refractivity contribution >= 4 is 17.9 Å². The van der Waals surface area contributed by atoms with Crippen molar-refractivity contribution in [3.05, 3.63) is 24.3 Å². The summed E-state index contributed by atoms with van der Waals surface area (Å²) in [5.41, 5.74) is 0. The zero-order chi connectivity index (χ0) is 50.0. The molecule has 0 aromatic heterocycles. The largest absolute Gasteiger partial charge is 0.462 e. The van der Waals surface area contributed by atoms with Crippen molar-refractivity contribution in [2.75, 3.05) is 13.2 Å². The molecule has 0 saturated carbocycles. The molecule has 406 valence electrons. The predicted molar refractivity (Wildman–Crippen MR) is 298 cm³/mol.